The van der Waals surface area contributed by atoms with Crippen molar-refractivity contribution in [3.05, 3.63) is 69.8 Å². The first-order valence-electron chi connectivity index (χ1n) is 8.42. The molecule has 0 atom stereocenters. The molecule has 1 amide bonds. The molecule has 0 aromatic heterocycles. The molecule has 3 heteroatoms. The van der Waals surface area contributed by atoms with Gasteiger partial charge in [-0.15, -0.1) is 0 Å². The van der Waals surface area contributed by atoms with E-state index in [0.717, 1.165) is 29.5 Å². The van der Waals surface area contributed by atoms with Gasteiger partial charge in [-0.2, -0.15) is 0 Å². The van der Waals surface area contributed by atoms with Crippen molar-refractivity contribution in [3.8, 4) is 0 Å². The van der Waals surface area contributed by atoms with Crippen molar-refractivity contribution in [1.82, 2.24) is 5.32 Å². The SMILES string of the molecule is COC1(CNC(=O)c2c(C)cc(C)cc2C)Cc2ccccc2C1. The number of aryl methyl sites for hydroxylation is 3. The van der Waals surface area contributed by atoms with E-state index in [2.05, 4.69) is 48.6 Å². The van der Waals surface area contributed by atoms with Crippen LogP contribution >= 0.6 is 0 Å². The Balaban J connectivity index is 1.75. The first-order valence-corrected chi connectivity index (χ1v) is 8.42. The Morgan fingerprint density at radius 1 is 1.08 bits per heavy atom. The molecule has 1 aliphatic rings. The fourth-order valence-electron chi connectivity index (χ4n) is 3.87. The van der Waals surface area contributed by atoms with Gasteiger partial charge in [0.05, 0.1) is 5.60 Å². The van der Waals surface area contributed by atoms with Gasteiger partial charge < -0.3 is 10.1 Å². The van der Waals surface area contributed by atoms with E-state index in [4.69, 9.17) is 4.74 Å². The number of ether oxygens (including phenoxy) is 1. The van der Waals surface area contributed by atoms with Crippen molar-refractivity contribution in [3.63, 3.8) is 0 Å². The Hall–Kier alpha value is -2.13. The summed E-state index contributed by atoms with van der Waals surface area (Å²) in [5, 5.41) is 3.10. The molecule has 0 bridgehead atoms. The van der Waals surface area contributed by atoms with Crippen LogP contribution in [-0.4, -0.2) is 25.2 Å². The number of carbonyl (C=O) groups is 1. The summed E-state index contributed by atoms with van der Waals surface area (Å²) in [4.78, 5) is 12.7. The van der Waals surface area contributed by atoms with E-state index < -0.39 is 0 Å². The van der Waals surface area contributed by atoms with Crippen LogP contribution in [0.3, 0.4) is 0 Å². The number of rotatable bonds is 4. The molecule has 1 N–H and O–H groups in total. The minimum Gasteiger partial charge on any atom is -0.376 e. The molecule has 126 valence electrons. The Labute approximate surface area is 144 Å². The highest BCUT2D eigenvalue weighted by Gasteiger charge is 2.37. The zero-order valence-corrected chi connectivity index (χ0v) is 14.9. The predicted octanol–water partition coefficient (Wildman–Crippen LogP) is 3.53. The largest absolute Gasteiger partial charge is 0.376 e. The summed E-state index contributed by atoms with van der Waals surface area (Å²) in [5.74, 6) is -0.0163. The van der Waals surface area contributed by atoms with Crippen LogP contribution in [0, 0.1) is 20.8 Å². The molecule has 0 aliphatic heterocycles. The summed E-state index contributed by atoms with van der Waals surface area (Å²) >= 11 is 0. The molecule has 3 rings (SSSR count). The van der Waals surface area contributed by atoms with E-state index in [9.17, 15) is 4.79 Å². The summed E-state index contributed by atoms with van der Waals surface area (Å²) in [6, 6.07) is 12.5. The number of carbonyl (C=O) groups excluding carboxylic acids is 1. The van der Waals surface area contributed by atoms with Crippen LogP contribution in [0.5, 0.6) is 0 Å². The monoisotopic (exact) mass is 323 g/mol. The van der Waals surface area contributed by atoms with E-state index in [0.29, 0.717) is 6.54 Å². The predicted molar refractivity (Wildman–Crippen MR) is 96.6 cm³/mol. The fraction of sp³-hybridized carbons (Fsp3) is 0.381. The Morgan fingerprint density at radius 3 is 2.12 bits per heavy atom. The third kappa shape index (κ3) is 3.09. The number of fused-ring (bicyclic) bond motifs is 1. The minimum absolute atomic E-state index is 0.0163. The molecule has 24 heavy (non-hydrogen) atoms. The first-order chi connectivity index (χ1) is 11.4. The van der Waals surface area contributed by atoms with Gasteiger partial charge in [-0.25, -0.2) is 0 Å². The lowest BCUT2D eigenvalue weighted by Crippen LogP contribution is -2.45. The molecule has 2 aromatic rings. The number of methoxy groups -OCH3 is 1. The Morgan fingerprint density at radius 2 is 1.62 bits per heavy atom. The molecule has 0 fully saturated rings. The summed E-state index contributed by atoms with van der Waals surface area (Å²) in [6.45, 7) is 6.56. The van der Waals surface area contributed by atoms with E-state index in [1.165, 1.54) is 16.7 Å². The van der Waals surface area contributed by atoms with Crippen LogP contribution in [0.2, 0.25) is 0 Å². The topological polar surface area (TPSA) is 38.3 Å². The quantitative estimate of drug-likeness (QED) is 0.935. The van der Waals surface area contributed by atoms with Crippen LogP contribution < -0.4 is 5.32 Å². The highest BCUT2D eigenvalue weighted by molar-refractivity contribution is 5.97. The van der Waals surface area contributed by atoms with Crippen LogP contribution in [0.1, 0.15) is 38.2 Å². The number of benzene rings is 2. The average molecular weight is 323 g/mol. The maximum Gasteiger partial charge on any atom is 0.251 e. The van der Waals surface area contributed by atoms with E-state index in [-0.39, 0.29) is 11.5 Å². The van der Waals surface area contributed by atoms with Crippen molar-refractivity contribution in [2.45, 2.75) is 39.2 Å². The summed E-state index contributed by atoms with van der Waals surface area (Å²) in [6.07, 6.45) is 1.68. The van der Waals surface area contributed by atoms with Crippen molar-refractivity contribution >= 4 is 5.91 Å². The van der Waals surface area contributed by atoms with Gasteiger partial charge in [0.25, 0.3) is 5.91 Å². The zero-order chi connectivity index (χ0) is 17.3. The third-order valence-electron chi connectivity index (χ3n) is 5.05. The lowest BCUT2D eigenvalue weighted by molar-refractivity contribution is 0.000163. The molecule has 1 aliphatic carbocycles. The maximum atomic E-state index is 12.7. The van der Waals surface area contributed by atoms with Crippen molar-refractivity contribution in [2.24, 2.45) is 0 Å². The average Bonchev–Trinajstić information content (AvgIpc) is 2.91. The highest BCUT2D eigenvalue weighted by Crippen LogP contribution is 2.32. The Kier molecular flexibility index (Phi) is 4.46. The standard InChI is InChI=1S/C21H25NO2/c1-14-9-15(2)19(16(3)10-14)20(23)22-13-21(24-4)11-17-7-5-6-8-18(17)12-21/h5-10H,11-13H2,1-4H3,(H,22,23). The van der Waals surface area contributed by atoms with Gasteiger partial charge in [0.1, 0.15) is 0 Å². The molecule has 3 nitrogen and oxygen atoms in total. The number of hydrogen-bond acceptors (Lipinski definition) is 2. The smallest absolute Gasteiger partial charge is 0.251 e. The van der Waals surface area contributed by atoms with Gasteiger partial charge in [0, 0.05) is 32.1 Å². The summed E-state index contributed by atoms with van der Waals surface area (Å²) < 4.78 is 5.83. The van der Waals surface area contributed by atoms with Crippen molar-refractivity contribution in [2.75, 3.05) is 13.7 Å². The van der Waals surface area contributed by atoms with Crippen LogP contribution in [-0.2, 0) is 17.6 Å². The molecule has 0 unspecified atom stereocenters. The van der Waals surface area contributed by atoms with E-state index in [1.54, 1.807) is 7.11 Å². The van der Waals surface area contributed by atoms with Crippen LogP contribution in [0.25, 0.3) is 0 Å². The summed E-state index contributed by atoms with van der Waals surface area (Å²) in [5.41, 5.74) is 6.29. The van der Waals surface area contributed by atoms with Crippen LogP contribution in [0.4, 0.5) is 0 Å². The molecular formula is C21H25NO2. The number of hydrogen-bond donors (Lipinski definition) is 1. The highest BCUT2D eigenvalue weighted by atomic mass is 16.5. The molecular weight excluding hydrogens is 298 g/mol. The Bertz CT molecular complexity index is 731. The second-order valence-corrected chi connectivity index (χ2v) is 6.97. The second kappa shape index (κ2) is 6.40. The van der Waals surface area contributed by atoms with Gasteiger partial charge in [-0.3, -0.25) is 4.79 Å². The molecule has 0 saturated carbocycles. The zero-order valence-electron chi connectivity index (χ0n) is 14.9. The van der Waals surface area contributed by atoms with Crippen molar-refractivity contribution < 1.29 is 9.53 Å². The van der Waals surface area contributed by atoms with Gasteiger partial charge >= 0.3 is 0 Å². The molecule has 0 spiro atoms. The maximum absolute atomic E-state index is 12.7. The van der Waals surface area contributed by atoms with E-state index in [1.807, 2.05) is 13.8 Å². The summed E-state index contributed by atoms with van der Waals surface area (Å²) in [7, 11) is 1.74. The second-order valence-electron chi connectivity index (χ2n) is 6.97. The fourth-order valence-corrected chi connectivity index (χ4v) is 3.87. The molecule has 0 heterocycles. The van der Waals surface area contributed by atoms with Gasteiger partial charge in [-0.1, -0.05) is 42.0 Å². The minimum atomic E-state index is -0.341. The molecule has 0 saturated heterocycles. The van der Waals surface area contributed by atoms with E-state index >= 15 is 0 Å². The first kappa shape index (κ1) is 16.7. The lowest BCUT2D eigenvalue weighted by Gasteiger charge is -2.28. The normalized spacial score (nSPS) is 15.2. The van der Waals surface area contributed by atoms with Gasteiger partial charge in [-0.05, 0) is 43.0 Å². The number of nitrogens with one attached hydrogen (secondary N) is 1. The van der Waals surface area contributed by atoms with Crippen molar-refractivity contribution in [1.29, 1.82) is 0 Å². The number of amides is 1. The molecule has 0 radical (unpaired) electrons. The van der Waals surface area contributed by atoms with Gasteiger partial charge in [0.2, 0.25) is 0 Å². The molecule has 2 aromatic carbocycles. The third-order valence-corrected chi connectivity index (χ3v) is 5.05. The van der Waals surface area contributed by atoms with Gasteiger partial charge in [0.15, 0.2) is 0 Å². The lowest BCUT2D eigenvalue weighted by atomic mass is 9.97. The van der Waals surface area contributed by atoms with Crippen LogP contribution in [0.15, 0.2) is 36.4 Å².